The number of rotatable bonds is 8. The third kappa shape index (κ3) is 6.43. The second kappa shape index (κ2) is 10.4. The summed E-state index contributed by atoms with van der Waals surface area (Å²) >= 11 is 6.15. The topological polar surface area (TPSA) is 83.1 Å². The van der Waals surface area contributed by atoms with E-state index in [1.54, 1.807) is 12.1 Å². The molecule has 0 saturated carbocycles. The number of ether oxygens (including phenoxy) is 4. The number of benzene rings is 2. The molecule has 1 heterocycles. The van der Waals surface area contributed by atoms with Crippen LogP contribution in [0.25, 0.3) is 6.08 Å². The van der Waals surface area contributed by atoms with Crippen molar-refractivity contribution in [3.8, 4) is 17.2 Å². The van der Waals surface area contributed by atoms with Gasteiger partial charge in [0.15, 0.2) is 18.1 Å². The van der Waals surface area contributed by atoms with Gasteiger partial charge in [-0.25, -0.2) is 4.79 Å². The Morgan fingerprint density at radius 1 is 1.14 bits per heavy atom. The molecule has 0 spiro atoms. The minimum Gasteiger partial charge on any atom is -0.492 e. The van der Waals surface area contributed by atoms with Crippen molar-refractivity contribution in [1.82, 2.24) is 5.32 Å². The Kier molecular flexibility index (Phi) is 7.35. The Morgan fingerprint density at radius 2 is 1.93 bits per heavy atom. The molecule has 1 N–H and O–H groups in total. The monoisotopic (exact) mass is 417 g/mol. The standard InChI is InChI=1S/C21H20ClNO6/c22-17-12-15(13-18-21(17)28-11-10-27-18)6-7-20(25)29-14-19(24)23-8-9-26-16-4-2-1-3-5-16/h1-7,12-13H,8-11,14H2,(H,23,24)/b7-6+. The fourth-order valence-electron chi connectivity index (χ4n) is 2.50. The molecule has 152 valence electrons. The summed E-state index contributed by atoms with van der Waals surface area (Å²) in [5, 5.41) is 3.01. The van der Waals surface area contributed by atoms with Gasteiger partial charge in [-0.1, -0.05) is 29.8 Å². The van der Waals surface area contributed by atoms with Crippen molar-refractivity contribution in [2.45, 2.75) is 0 Å². The van der Waals surface area contributed by atoms with Gasteiger partial charge in [0.1, 0.15) is 25.6 Å². The lowest BCUT2D eigenvalue weighted by Gasteiger charge is -2.19. The van der Waals surface area contributed by atoms with Gasteiger partial charge in [0.2, 0.25) is 0 Å². The van der Waals surface area contributed by atoms with Crippen LogP contribution in [0.15, 0.2) is 48.5 Å². The fourth-order valence-corrected chi connectivity index (χ4v) is 2.78. The Morgan fingerprint density at radius 3 is 2.76 bits per heavy atom. The Balaban J connectivity index is 1.38. The molecule has 0 aromatic heterocycles. The summed E-state index contributed by atoms with van der Waals surface area (Å²) in [6.07, 6.45) is 2.74. The second-order valence-electron chi connectivity index (χ2n) is 5.98. The van der Waals surface area contributed by atoms with E-state index in [0.717, 1.165) is 5.75 Å². The van der Waals surface area contributed by atoms with Crippen molar-refractivity contribution in [2.24, 2.45) is 0 Å². The van der Waals surface area contributed by atoms with E-state index in [0.29, 0.717) is 48.5 Å². The molecule has 0 fully saturated rings. The molecule has 1 aliphatic heterocycles. The lowest BCUT2D eigenvalue weighted by Crippen LogP contribution is -2.31. The van der Waals surface area contributed by atoms with E-state index in [9.17, 15) is 9.59 Å². The van der Waals surface area contributed by atoms with Gasteiger partial charge in [0.05, 0.1) is 11.6 Å². The van der Waals surface area contributed by atoms with Crippen LogP contribution in [0.1, 0.15) is 5.56 Å². The number of halogens is 1. The van der Waals surface area contributed by atoms with Crippen molar-refractivity contribution in [3.05, 3.63) is 59.1 Å². The molecular weight excluding hydrogens is 398 g/mol. The van der Waals surface area contributed by atoms with Gasteiger partial charge in [-0.15, -0.1) is 0 Å². The summed E-state index contributed by atoms with van der Waals surface area (Å²) in [4.78, 5) is 23.5. The smallest absolute Gasteiger partial charge is 0.331 e. The highest BCUT2D eigenvalue weighted by Gasteiger charge is 2.16. The average molecular weight is 418 g/mol. The van der Waals surface area contributed by atoms with Crippen LogP contribution in [0.5, 0.6) is 17.2 Å². The molecular formula is C21H20ClNO6. The van der Waals surface area contributed by atoms with E-state index in [-0.39, 0.29) is 6.61 Å². The molecule has 8 heteroatoms. The highest BCUT2D eigenvalue weighted by atomic mass is 35.5. The maximum atomic E-state index is 11.8. The van der Waals surface area contributed by atoms with Crippen LogP contribution < -0.4 is 19.5 Å². The minimum atomic E-state index is -0.647. The molecule has 0 aliphatic carbocycles. The number of hydrogen-bond acceptors (Lipinski definition) is 6. The van der Waals surface area contributed by atoms with E-state index in [1.807, 2.05) is 30.3 Å². The zero-order valence-electron chi connectivity index (χ0n) is 15.6. The number of carbonyl (C=O) groups is 2. The number of carbonyl (C=O) groups excluding carboxylic acids is 2. The Bertz CT molecular complexity index is 884. The van der Waals surface area contributed by atoms with Crippen LogP contribution >= 0.6 is 11.6 Å². The average Bonchev–Trinajstić information content (AvgIpc) is 2.74. The molecule has 0 atom stereocenters. The van der Waals surface area contributed by atoms with Gasteiger partial charge in [-0.05, 0) is 35.9 Å². The normalized spacial score (nSPS) is 12.4. The maximum Gasteiger partial charge on any atom is 0.331 e. The van der Waals surface area contributed by atoms with Crippen LogP contribution in [-0.4, -0.2) is 44.8 Å². The maximum absolute atomic E-state index is 11.8. The van der Waals surface area contributed by atoms with E-state index in [2.05, 4.69) is 5.32 Å². The third-order valence-electron chi connectivity index (χ3n) is 3.81. The number of amides is 1. The van der Waals surface area contributed by atoms with Crippen LogP contribution in [0.2, 0.25) is 5.02 Å². The lowest BCUT2D eigenvalue weighted by molar-refractivity contribution is -0.143. The second-order valence-corrected chi connectivity index (χ2v) is 6.39. The van der Waals surface area contributed by atoms with Gasteiger partial charge in [0, 0.05) is 6.08 Å². The highest BCUT2D eigenvalue weighted by Crippen LogP contribution is 2.38. The first-order valence-corrected chi connectivity index (χ1v) is 9.38. The summed E-state index contributed by atoms with van der Waals surface area (Å²) in [5.41, 5.74) is 0.652. The molecule has 1 amide bonds. The van der Waals surface area contributed by atoms with Crippen molar-refractivity contribution < 1.29 is 28.5 Å². The van der Waals surface area contributed by atoms with Gasteiger partial charge in [0.25, 0.3) is 5.91 Å². The van der Waals surface area contributed by atoms with Crippen molar-refractivity contribution in [2.75, 3.05) is 33.0 Å². The van der Waals surface area contributed by atoms with Gasteiger partial charge >= 0.3 is 5.97 Å². The van der Waals surface area contributed by atoms with E-state index in [1.165, 1.54) is 12.2 Å². The number of fused-ring (bicyclic) bond motifs is 1. The van der Waals surface area contributed by atoms with Crippen molar-refractivity contribution in [3.63, 3.8) is 0 Å². The van der Waals surface area contributed by atoms with Crippen molar-refractivity contribution in [1.29, 1.82) is 0 Å². The minimum absolute atomic E-state index is 0.302. The molecule has 2 aromatic rings. The first-order valence-electron chi connectivity index (χ1n) is 9.00. The molecule has 0 saturated heterocycles. The third-order valence-corrected chi connectivity index (χ3v) is 4.09. The zero-order chi connectivity index (χ0) is 20.5. The van der Waals surface area contributed by atoms with Crippen LogP contribution in [-0.2, 0) is 14.3 Å². The molecule has 2 aromatic carbocycles. The molecule has 0 radical (unpaired) electrons. The molecule has 1 aliphatic rings. The van der Waals surface area contributed by atoms with Crippen LogP contribution in [0.4, 0.5) is 0 Å². The SMILES string of the molecule is O=C(COC(=O)/C=C/c1cc(Cl)c2c(c1)OCCO2)NCCOc1ccccc1. The largest absolute Gasteiger partial charge is 0.492 e. The van der Waals surface area contributed by atoms with Crippen molar-refractivity contribution >= 4 is 29.6 Å². The molecule has 29 heavy (non-hydrogen) atoms. The number of para-hydroxylation sites is 1. The van der Waals surface area contributed by atoms with Gasteiger partial charge in [-0.3, -0.25) is 4.79 Å². The molecule has 7 nitrogen and oxygen atoms in total. The highest BCUT2D eigenvalue weighted by molar-refractivity contribution is 6.32. The van der Waals surface area contributed by atoms with Gasteiger partial charge in [-0.2, -0.15) is 0 Å². The first-order chi connectivity index (χ1) is 14.1. The quantitative estimate of drug-likeness (QED) is 0.404. The number of nitrogens with one attached hydrogen (secondary N) is 1. The lowest BCUT2D eigenvalue weighted by atomic mass is 10.2. The Labute approximate surface area is 173 Å². The van der Waals surface area contributed by atoms with Gasteiger partial charge < -0.3 is 24.3 Å². The molecule has 3 rings (SSSR count). The first kappa shape index (κ1) is 20.5. The van der Waals surface area contributed by atoms with Crippen LogP contribution in [0, 0.1) is 0 Å². The Hall–Kier alpha value is -3.19. The predicted octanol–water partition coefficient (Wildman–Crippen LogP) is 2.86. The number of hydrogen-bond donors (Lipinski definition) is 1. The summed E-state index contributed by atoms with van der Waals surface area (Å²) in [7, 11) is 0. The van der Waals surface area contributed by atoms with E-state index in [4.69, 9.17) is 30.5 Å². The summed E-state index contributed by atoms with van der Waals surface area (Å²) in [6.45, 7) is 1.11. The summed E-state index contributed by atoms with van der Waals surface area (Å²) in [6, 6.07) is 12.6. The van der Waals surface area contributed by atoms with E-state index >= 15 is 0 Å². The molecule has 0 unspecified atom stereocenters. The number of esters is 1. The van der Waals surface area contributed by atoms with E-state index < -0.39 is 11.9 Å². The summed E-state index contributed by atoms with van der Waals surface area (Å²) in [5.74, 6) is 0.675. The molecule has 0 bridgehead atoms. The fraction of sp³-hybridized carbons (Fsp3) is 0.238. The zero-order valence-corrected chi connectivity index (χ0v) is 16.3. The van der Waals surface area contributed by atoms with Crippen LogP contribution in [0.3, 0.4) is 0 Å². The summed E-state index contributed by atoms with van der Waals surface area (Å²) < 4.78 is 21.3. The predicted molar refractivity (Wildman–Crippen MR) is 107 cm³/mol.